The number of nitrogens with zero attached hydrogens (tertiary/aromatic N) is 2. The number of carbonyl (C=O) groups is 1. The van der Waals surface area contributed by atoms with Crippen LogP contribution in [0.4, 0.5) is 0 Å². The van der Waals surface area contributed by atoms with Crippen molar-refractivity contribution in [2.75, 3.05) is 26.8 Å². The van der Waals surface area contributed by atoms with E-state index in [4.69, 9.17) is 15.2 Å². The summed E-state index contributed by atoms with van der Waals surface area (Å²) in [6.07, 6.45) is 0. The maximum Gasteiger partial charge on any atom is 0.248 e. The first-order valence-electron chi connectivity index (χ1n) is 9.32. The molecule has 1 aromatic heterocycles. The van der Waals surface area contributed by atoms with Crippen molar-refractivity contribution >= 4 is 16.9 Å². The quantitative estimate of drug-likeness (QED) is 0.683. The third-order valence-corrected chi connectivity index (χ3v) is 5.16. The van der Waals surface area contributed by atoms with Crippen molar-refractivity contribution < 1.29 is 14.3 Å². The zero-order valence-electron chi connectivity index (χ0n) is 15.8. The fraction of sp³-hybridized carbons (Fsp3) is 0.333. The fourth-order valence-corrected chi connectivity index (χ4v) is 3.64. The number of amides is 1. The molecule has 1 aliphatic rings. The number of benzene rings is 2. The van der Waals surface area contributed by atoms with E-state index in [-0.39, 0.29) is 31.1 Å². The van der Waals surface area contributed by atoms with E-state index in [9.17, 15) is 4.79 Å². The Balaban J connectivity index is 1.31. The molecule has 1 saturated heterocycles. The Morgan fingerprint density at radius 2 is 2.00 bits per heavy atom. The summed E-state index contributed by atoms with van der Waals surface area (Å²) in [5.74, 6) is 1.58. The number of para-hydroxylation sites is 2. The van der Waals surface area contributed by atoms with E-state index in [0.717, 1.165) is 22.3 Å². The van der Waals surface area contributed by atoms with Crippen LogP contribution in [0.3, 0.4) is 0 Å². The highest BCUT2D eigenvalue weighted by atomic mass is 16.5. The first-order chi connectivity index (χ1) is 13.6. The summed E-state index contributed by atoms with van der Waals surface area (Å²) in [4.78, 5) is 21.9. The molecule has 2 aromatic carbocycles. The fourth-order valence-electron chi connectivity index (χ4n) is 3.64. The van der Waals surface area contributed by atoms with Gasteiger partial charge in [0.15, 0.2) is 0 Å². The molecule has 0 saturated carbocycles. The van der Waals surface area contributed by atoms with Gasteiger partial charge >= 0.3 is 0 Å². The minimum Gasteiger partial charge on any atom is -0.497 e. The molecule has 146 valence electrons. The first-order valence-corrected chi connectivity index (χ1v) is 9.32. The highest BCUT2D eigenvalue weighted by Crippen LogP contribution is 2.28. The molecular weight excluding hydrogens is 356 g/mol. The smallest absolute Gasteiger partial charge is 0.248 e. The number of likely N-dealkylation sites (tertiary alicyclic amines) is 1. The van der Waals surface area contributed by atoms with Crippen molar-refractivity contribution in [2.45, 2.75) is 18.6 Å². The number of H-pyrrole nitrogens is 1. The second-order valence-corrected chi connectivity index (χ2v) is 7.04. The number of hydrogen-bond donors (Lipinski definition) is 2. The molecule has 3 N–H and O–H groups in total. The number of nitrogens with two attached hydrogens (primary N) is 1. The lowest BCUT2D eigenvalue weighted by Gasteiger charge is -2.16. The third kappa shape index (κ3) is 3.85. The number of methoxy groups -OCH3 is 1. The van der Waals surface area contributed by atoms with Crippen molar-refractivity contribution in [3.8, 4) is 5.75 Å². The van der Waals surface area contributed by atoms with Gasteiger partial charge in [0, 0.05) is 25.0 Å². The Morgan fingerprint density at radius 1 is 1.21 bits per heavy atom. The number of aromatic nitrogens is 2. The molecule has 1 aliphatic heterocycles. The van der Waals surface area contributed by atoms with Crippen LogP contribution in [0.2, 0.25) is 0 Å². The van der Waals surface area contributed by atoms with Gasteiger partial charge in [-0.15, -0.1) is 0 Å². The molecule has 3 aromatic rings. The van der Waals surface area contributed by atoms with Crippen molar-refractivity contribution in [2.24, 2.45) is 5.73 Å². The minimum absolute atomic E-state index is 0.0130. The van der Waals surface area contributed by atoms with Crippen LogP contribution >= 0.6 is 0 Å². The second kappa shape index (κ2) is 8.00. The van der Waals surface area contributed by atoms with Crippen molar-refractivity contribution in [3.05, 3.63) is 59.9 Å². The molecular formula is C21H24N4O3. The summed E-state index contributed by atoms with van der Waals surface area (Å²) < 4.78 is 10.8. The van der Waals surface area contributed by atoms with Gasteiger partial charge in [-0.05, 0) is 29.8 Å². The predicted molar refractivity (Wildman–Crippen MR) is 106 cm³/mol. The van der Waals surface area contributed by atoms with Crippen molar-refractivity contribution in [1.29, 1.82) is 0 Å². The highest BCUT2D eigenvalue weighted by molar-refractivity contribution is 5.78. The summed E-state index contributed by atoms with van der Waals surface area (Å²) in [7, 11) is 1.64. The molecule has 0 spiro atoms. The molecule has 1 amide bonds. The van der Waals surface area contributed by atoms with Crippen molar-refractivity contribution in [1.82, 2.24) is 14.9 Å². The van der Waals surface area contributed by atoms with Gasteiger partial charge in [0.05, 0.1) is 18.1 Å². The van der Waals surface area contributed by atoms with Crippen LogP contribution in [-0.2, 0) is 16.1 Å². The van der Waals surface area contributed by atoms with Gasteiger partial charge in [-0.1, -0.05) is 24.3 Å². The minimum atomic E-state index is -0.0901. The number of hydrogen-bond acceptors (Lipinski definition) is 5. The van der Waals surface area contributed by atoms with Gasteiger partial charge in [-0.3, -0.25) is 4.79 Å². The Bertz CT molecular complexity index is 921. The van der Waals surface area contributed by atoms with Crippen LogP contribution in [0.5, 0.6) is 5.75 Å². The molecule has 0 bridgehead atoms. The van der Waals surface area contributed by atoms with Crippen LogP contribution in [0.15, 0.2) is 48.5 Å². The predicted octanol–water partition coefficient (Wildman–Crippen LogP) is 2.04. The molecule has 2 unspecified atom stereocenters. The molecule has 1 fully saturated rings. The Labute approximate surface area is 163 Å². The standard InChI is InChI=1S/C21H24N4O3/c1-27-15-8-6-14(7-9-15)16-10-25(11-17(16)22)21(26)13-28-12-20-23-18-4-2-3-5-19(18)24-20/h2-9,16-17H,10-13,22H2,1H3,(H,23,24). The number of imidazole rings is 1. The molecule has 2 atom stereocenters. The molecule has 28 heavy (non-hydrogen) atoms. The molecule has 7 nitrogen and oxygen atoms in total. The van der Waals surface area contributed by atoms with Crippen molar-refractivity contribution in [3.63, 3.8) is 0 Å². The lowest BCUT2D eigenvalue weighted by molar-refractivity contribution is -0.135. The average Bonchev–Trinajstić information content (AvgIpc) is 3.31. The van der Waals surface area contributed by atoms with Crippen LogP contribution in [0.25, 0.3) is 11.0 Å². The number of nitrogens with one attached hydrogen (secondary N) is 1. The van der Waals surface area contributed by atoms with E-state index in [1.54, 1.807) is 12.0 Å². The number of ether oxygens (including phenoxy) is 2. The summed E-state index contributed by atoms with van der Waals surface area (Å²) >= 11 is 0. The monoisotopic (exact) mass is 380 g/mol. The maximum atomic E-state index is 12.5. The molecule has 0 radical (unpaired) electrons. The lowest BCUT2D eigenvalue weighted by Crippen LogP contribution is -2.34. The van der Waals surface area contributed by atoms with Gasteiger partial charge < -0.3 is 25.1 Å². The van der Waals surface area contributed by atoms with Crippen LogP contribution in [0.1, 0.15) is 17.3 Å². The SMILES string of the molecule is COc1ccc(C2CN(C(=O)COCc3nc4ccccc4[nH]3)CC2N)cc1. The summed E-state index contributed by atoms with van der Waals surface area (Å²) in [5, 5.41) is 0. The zero-order chi connectivity index (χ0) is 19.5. The summed E-state index contributed by atoms with van der Waals surface area (Å²) in [5.41, 5.74) is 9.26. The van der Waals surface area contributed by atoms with Crippen LogP contribution in [0, 0.1) is 0 Å². The Morgan fingerprint density at radius 3 is 2.75 bits per heavy atom. The largest absolute Gasteiger partial charge is 0.497 e. The van der Waals surface area contributed by atoms with E-state index < -0.39 is 0 Å². The number of carbonyl (C=O) groups excluding carboxylic acids is 1. The highest BCUT2D eigenvalue weighted by Gasteiger charge is 2.33. The van der Waals surface area contributed by atoms with Crippen LogP contribution < -0.4 is 10.5 Å². The maximum absolute atomic E-state index is 12.5. The normalized spacial score (nSPS) is 19.3. The summed E-state index contributed by atoms with van der Waals surface area (Å²) in [6.45, 7) is 1.41. The van der Waals surface area contributed by atoms with Gasteiger partial charge in [0.2, 0.25) is 5.91 Å². The molecule has 4 rings (SSSR count). The van der Waals surface area contributed by atoms with E-state index in [2.05, 4.69) is 9.97 Å². The van der Waals surface area contributed by atoms with Gasteiger partial charge in [0.25, 0.3) is 0 Å². The topological polar surface area (TPSA) is 93.5 Å². The molecule has 2 heterocycles. The average molecular weight is 380 g/mol. The van der Waals surface area contributed by atoms with E-state index >= 15 is 0 Å². The van der Waals surface area contributed by atoms with E-state index in [0.29, 0.717) is 18.9 Å². The second-order valence-electron chi connectivity index (χ2n) is 7.04. The molecule has 0 aliphatic carbocycles. The van der Waals surface area contributed by atoms with E-state index in [1.807, 2.05) is 48.5 Å². The van der Waals surface area contributed by atoms with E-state index in [1.165, 1.54) is 0 Å². The molecule has 7 heteroatoms. The zero-order valence-corrected chi connectivity index (χ0v) is 15.8. The van der Waals surface area contributed by atoms with Gasteiger partial charge in [-0.25, -0.2) is 4.98 Å². The Hall–Kier alpha value is -2.90. The van der Waals surface area contributed by atoms with Gasteiger partial charge in [-0.2, -0.15) is 0 Å². The third-order valence-electron chi connectivity index (χ3n) is 5.16. The first kappa shape index (κ1) is 18.5. The number of fused-ring (bicyclic) bond motifs is 1. The summed E-state index contributed by atoms with van der Waals surface area (Å²) in [6, 6.07) is 15.6. The number of rotatable bonds is 6. The lowest BCUT2D eigenvalue weighted by atomic mass is 9.95. The van der Waals surface area contributed by atoms with Crippen LogP contribution in [-0.4, -0.2) is 53.6 Å². The number of aromatic amines is 1. The Kier molecular flexibility index (Phi) is 5.27. The van der Waals surface area contributed by atoms with Gasteiger partial charge in [0.1, 0.15) is 24.8 Å².